The zero-order valence-electron chi connectivity index (χ0n) is 20.9. The smallest absolute Gasteiger partial charge is 0.248 e. The molecular formula is C28H31FN4O3. The second-order valence-corrected chi connectivity index (χ2v) is 9.56. The van der Waals surface area contributed by atoms with Gasteiger partial charge in [0.2, 0.25) is 17.7 Å². The van der Waals surface area contributed by atoms with E-state index in [1.807, 2.05) is 33.8 Å². The minimum Gasteiger partial charge on any atom is -0.349 e. The second-order valence-electron chi connectivity index (χ2n) is 9.56. The first-order valence-electron chi connectivity index (χ1n) is 11.7. The first-order chi connectivity index (χ1) is 17.0. The molecule has 1 heterocycles. The first-order valence-corrected chi connectivity index (χ1v) is 11.7. The van der Waals surface area contributed by atoms with E-state index in [0.717, 1.165) is 5.56 Å². The molecule has 0 unspecified atom stereocenters. The Hall–Kier alpha value is -4.07. The summed E-state index contributed by atoms with van der Waals surface area (Å²) in [6.45, 7) is 7.41. The van der Waals surface area contributed by atoms with Gasteiger partial charge in [-0.3, -0.25) is 19.3 Å². The van der Waals surface area contributed by atoms with Gasteiger partial charge in [0.25, 0.3) is 0 Å². The van der Waals surface area contributed by atoms with Gasteiger partial charge in [0.05, 0.1) is 0 Å². The number of hydrogen-bond donors (Lipinski definition) is 2. The van der Waals surface area contributed by atoms with Crippen LogP contribution in [0.25, 0.3) is 0 Å². The third-order valence-electron chi connectivity index (χ3n) is 5.24. The molecule has 0 spiro atoms. The Morgan fingerprint density at radius 2 is 1.69 bits per heavy atom. The minimum atomic E-state index is -1.07. The summed E-state index contributed by atoms with van der Waals surface area (Å²) in [6, 6.07) is 16.8. The summed E-state index contributed by atoms with van der Waals surface area (Å²) in [4.78, 5) is 45.1. The van der Waals surface area contributed by atoms with E-state index in [9.17, 15) is 18.8 Å². The highest BCUT2D eigenvalue weighted by Crippen LogP contribution is 2.30. The van der Waals surface area contributed by atoms with Crippen LogP contribution in [-0.4, -0.2) is 28.2 Å². The number of nitrogens with one attached hydrogen (secondary N) is 2. The van der Waals surface area contributed by atoms with E-state index in [4.69, 9.17) is 0 Å². The van der Waals surface area contributed by atoms with Gasteiger partial charge in [0, 0.05) is 30.3 Å². The van der Waals surface area contributed by atoms with Crippen LogP contribution in [0, 0.1) is 12.7 Å². The third kappa shape index (κ3) is 7.46. The largest absolute Gasteiger partial charge is 0.349 e. The quantitative estimate of drug-likeness (QED) is 0.468. The van der Waals surface area contributed by atoms with Crippen molar-refractivity contribution < 1.29 is 18.8 Å². The average Bonchev–Trinajstić information content (AvgIpc) is 2.81. The zero-order chi connectivity index (χ0) is 26.3. The molecule has 0 saturated carbocycles. The Morgan fingerprint density at radius 1 is 0.972 bits per heavy atom. The molecule has 7 nitrogen and oxygen atoms in total. The number of rotatable bonds is 8. The van der Waals surface area contributed by atoms with Crippen LogP contribution < -0.4 is 15.5 Å². The van der Waals surface area contributed by atoms with Crippen LogP contribution in [0.4, 0.5) is 15.9 Å². The highest BCUT2D eigenvalue weighted by Gasteiger charge is 2.34. The fourth-order valence-electron chi connectivity index (χ4n) is 3.70. The van der Waals surface area contributed by atoms with Crippen molar-refractivity contribution in [3.8, 4) is 0 Å². The van der Waals surface area contributed by atoms with Gasteiger partial charge >= 0.3 is 0 Å². The molecule has 1 aromatic heterocycles. The van der Waals surface area contributed by atoms with Gasteiger partial charge in [-0.15, -0.1) is 0 Å². The number of aryl methyl sites for hydroxylation is 1. The lowest BCUT2D eigenvalue weighted by molar-refractivity contribution is -0.128. The number of nitrogens with zero attached hydrogens (tertiary/aromatic N) is 2. The molecule has 0 aliphatic heterocycles. The summed E-state index contributed by atoms with van der Waals surface area (Å²) in [5.41, 5.74) is 1.28. The van der Waals surface area contributed by atoms with Crippen LogP contribution in [0.1, 0.15) is 50.8 Å². The molecule has 0 aliphatic rings. The van der Waals surface area contributed by atoms with E-state index in [-0.39, 0.29) is 18.7 Å². The Morgan fingerprint density at radius 3 is 2.31 bits per heavy atom. The molecule has 0 fully saturated rings. The number of amides is 3. The van der Waals surface area contributed by atoms with Crippen molar-refractivity contribution in [3.63, 3.8) is 0 Å². The fraction of sp³-hybridized carbons (Fsp3) is 0.286. The van der Waals surface area contributed by atoms with Crippen LogP contribution in [0.2, 0.25) is 0 Å². The molecule has 2 aromatic carbocycles. The van der Waals surface area contributed by atoms with Gasteiger partial charge < -0.3 is 10.6 Å². The van der Waals surface area contributed by atoms with E-state index >= 15 is 0 Å². The Bertz CT molecular complexity index is 1210. The maximum Gasteiger partial charge on any atom is 0.248 e. The van der Waals surface area contributed by atoms with Gasteiger partial charge in [-0.25, -0.2) is 9.37 Å². The zero-order valence-corrected chi connectivity index (χ0v) is 20.9. The number of aromatic nitrogens is 1. The van der Waals surface area contributed by atoms with Crippen LogP contribution in [0.5, 0.6) is 0 Å². The van der Waals surface area contributed by atoms with E-state index < -0.39 is 29.2 Å². The van der Waals surface area contributed by atoms with Crippen molar-refractivity contribution >= 4 is 29.2 Å². The van der Waals surface area contributed by atoms with Crippen LogP contribution >= 0.6 is 0 Å². The van der Waals surface area contributed by atoms with E-state index in [1.165, 1.54) is 29.2 Å². The van der Waals surface area contributed by atoms with Gasteiger partial charge in [0.1, 0.15) is 17.7 Å². The van der Waals surface area contributed by atoms with E-state index in [1.54, 1.807) is 42.6 Å². The molecule has 3 rings (SSSR count). The maximum atomic E-state index is 13.7. The molecule has 3 amide bonds. The van der Waals surface area contributed by atoms with Crippen molar-refractivity contribution in [1.29, 1.82) is 0 Å². The molecule has 2 N–H and O–H groups in total. The van der Waals surface area contributed by atoms with Gasteiger partial charge in [-0.1, -0.05) is 30.3 Å². The van der Waals surface area contributed by atoms with Crippen LogP contribution in [-0.2, 0) is 14.4 Å². The molecule has 0 radical (unpaired) electrons. The first kappa shape index (κ1) is 26.5. The molecule has 0 aliphatic carbocycles. The van der Waals surface area contributed by atoms with Crippen molar-refractivity contribution in [2.24, 2.45) is 0 Å². The Kier molecular flexibility index (Phi) is 8.53. The Balaban J connectivity index is 1.95. The lowest BCUT2D eigenvalue weighted by Gasteiger charge is -2.34. The summed E-state index contributed by atoms with van der Waals surface area (Å²) in [5.74, 6) is -1.27. The second kappa shape index (κ2) is 11.6. The third-order valence-corrected chi connectivity index (χ3v) is 5.24. The maximum absolute atomic E-state index is 13.7. The topological polar surface area (TPSA) is 91.4 Å². The van der Waals surface area contributed by atoms with E-state index in [0.29, 0.717) is 17.1 Å². The summed E-state index contributed by atoms with van der Waals surface area (Å²) >= 11 is 0. The standard InChI is InChI=1S/C28H31FN4O3/c1-19-8-7-9-22(18-19)33(25(35)16-15-24(34)31-23-10-5-6-17-30-23)26(27(36)32-28(2,3)4)20-11-13-21(29)14-12-20/h5-14,17-18,26H,15-16H2,1-4H3,(H,32,36)(H,30,31,34)/t26-/m1/s1. The molecule has 0 saturated heterocycles. The van der Waals surface area contributed by atoms with Crippen molar-refractivity contribution in [2.75, 3.05) is 10.2 Å². The summed E-state index contributed by atoms with van der Waals surface area (Å²) in [5, 5.41) is 5.60. The predicted molar refractivity (Wildman–Crippen MR) is 138 cm³/mol. The molecule has 8 heteroatoms. The molecule has 0 bridgehead atoms. The number of pyridine rings is 1. The lowest BCUT2D eigenvalue weighted by atomic mass is 10.00. The Labute approximate surface area is 210 Å². The van der Waals surface area contributed by atoms with Crippen molar-refractivity contribution in [2.45, 2.75) is 52.1 Å². The fourth-order valence-corrected chi connectivity index (χ4v) is 3.70. The summed E-state index contributed by atoms with van der Waals surface area (Å²) in [6.07, 6.45) is 1.31. The number of benzene rings is 2. The average molecular weight is 491 g/mol. The molecular weight excluding hydrogens is 459 g/mol. The molecule has 188 valence electrons. The summed E-state index contributed by atoms with van der Waals surface area (Å²) in [7, 11) is 0. The van der Waals surface area contributed by atoms with Crippen LogP contribution in [0.3, 0.4) is 0 Å². The normalized spacial score (nSPS) is 11.9. The number of hydrogen-bond acceptors (Lipinski definition) is 4. The number of carbonyl (C=O) groups excluding carboxylic acids is 3. The minimum absolute atomic E-state index is 0.102. The number of anilines is 2. The SMILES string of the molecule is Cc1cccc(N(C(=O)CCC(=O)Nc2ccccn2)[C@@H](C(=O)NC(C)(C)C)c2ccc(F)cc2)c1. The highest BCUT2D eigenvalue weighted by molar-refractivity contribution is 6.03. The predicted octanol–water partition coefficient (Wildman–Crippen LogP) is 4.94. The van der Waals surface area contributed by atoms with E-state index in [2.05, 4.69) is 15.6 Å². The van der Waals surface area contributed by atoms with Crippen LogP contribution in [0.15, 0.2) is 72.9 Å². The monoisotopic (exact) mass is 490 g/mol. The number of halogens is 1. The molecule has 1 atom stereocenters. The summed E-state index contributed by atoms with van der Waals surface area (Å²) < 4.78 is 13.7. The number of carbonyl (C=O) groups is 3. The molecule has 3 aromatic rings. The van der Waals surface area contributed by atoms with Gasteiger partial charge in [-0.2, -0.15) is 0 Å². The van der Waals surface area contributed by atoms with Crippen molar-refractivity contribution in [1.82, 2.24) is 10.3 Å². The van der Waals surface area contributed by atoms with Crippen molar-refractivity contribution in [3.05, 3.63) is 89.9 Å². The highest BCUT2D eigenvalue weighted by atomic mass is 19.1. The lowest BCUT2D eigenvalue weighted by Crippen LogP contribution is -2.49. The molecule has 36 heavy (non-hydrogen) atoms. The van der Waals surface area contributed by atoms with Gasteiger partial charge in [0.15, 0.2) is 0 Å². The van der Waals surface area contributed by atoms with Gasteiger partial charge in [-0.05, 0) is 75.2 Å².